The van der Waals surface area contributed by atoms with E-state index in [9.17, 15) is 9.59 Å². The Balaban J connectivity index is 2.88. The number of carbonyl (C=O) groups is 2. The fourth-order valence-corrected chi connectivity index (χ4v) is 2.19. The number of carbonyl (C=O) groups excluding carboxylic acids is 2. The molecule has 23 heavy (non-hydrogen) atoms. The molecule has 0 radical (unpaired) electrons. The lowest BCUT2D eigenvalue weighted by molar-refractivity contribution is -0.140. The van der Waals surface area contributed by atoms with Crippen molar-refractivity contribution < 1.29 is 14.3 Å². The average Bonchev–Trinajstić information content (AvgIpc) is 2.57. The Hall–Kier alpha value is -2.30. The second-order valence-corrected chi connectivity index (χ2v) is 5.33. The smallest absolute Gasteiger partial charge is 0.242 e. The van der Waals surface area contributed by atoms with Gasteiger partial charge in [-0.2, -0.15) is 0 Å². The molecule has 0 bridgehead atoms. The van der Waals surface area contributed by atoms with E-state index in [-0.39, 0.29) is 11.8 Å². The molecule has 0 saturated heterocycles. The van der Waals surface area contributed by atoms with Crippen molar-refractivity contribution in [3.8, 4) is 5.75 Å². The maximum atomic E-state index is 12.4. The molecule has 1 rings (SSSR count). The van der Waals surface area contributed by atoms with E-state index in [4.69, 9.17) is 4.74 Å². The van der Waals surface area contributed by atoms with E-state index in [2.05, 4.69) is 11.9 Å². The number of nitrogens with one attached hydrogen (secondary N) is 1. The zero-order valence-corrected chi connectivity index (χ0v) is 14.2. The average molecular weight is 318 g/mol. The molecule has 126 valence electrons. The van der Waals surface area contributed by atoms with E-state index >= 15 is 0 Å². The highest BCUT2D eigenvalue weighted by Crippen LogP contribution is 2.15. The molecular weight excluding hydrogens is 292 g/mol. The molecule has 0 fully saturated rings. The maximum Gasteiger partial charge on any atom is 0.242 e. The minimum Gasteiger partial charge on any atom is -0.497 e. The number of amides is 2. The fraction of sp³-hybridized carbons (Fsp3) is 0.444. The first-order valence-electron chi connectivity index (χ1n) is 7.84. The molecular formula is C18H26N2O3. The Kier molecular flexibility index (Phi) is 7.88. The first-order chi connectivity index (χ1) is 11.0. The van der Waals surface area contributed by atoms with Crippen LogP contribution >= 0.6 is 0 Å². The van der Waals surface area contributed by atoms with Gasteiger partial charge in [0.25, 0.3) is 0 Å². The van der Waals surface area contributed by atoms with E-state index in [1.54, 1.807) is 25.0 Å². The SMILES string of the molecule is C=CCNC(=O)C(C)N(Cc1ccc(OC)cc1)C(=O)CCC. The molecule has 0 aromatic heterocycles. The number of methoxy groups -OCH3 is 1. The van der Waals surface area contributed by atoms with Gasteiger partial charge >= 0.3 is 0 Å². The first kappa shape index (κ1) is 18.7. The lowest BCUT2D eigenvalue weighted by Gasteiger charge is -2.28. The van der Waals surface area contributed by atoms with Gasteiger partial charge in [-0.3, -0.25) is 9.59 Å². The topological polar surface area (TPSA) is 58.6 Å². The van der Waals surface area contributed by atoms with Crippen LogP contribution in [-0.4, -0.2) is 36.4 Å². The Bertz CT molecular complexity index is 526. The Morgan fingerprint density at radius 1 is 1.35 bits per heavy atom. The van der Waals surface area contributed by atoms with Crippen LogP contribution in [0.15, 0.2) is 36.9 Å². The van der Waals surface area contributed by atoms with Gasteiger partial charge in [0.1, 0.15) is 11.8 Å². The minimum absolute atomic E-state index is 0.0235. The number of benzene rings is 1. The van der Waals surface area contributed by atoms with Gasteiger partial charge in [-0.1, -0.05) is 25.1 Å². The third kappa shape index (κ3) is 5.77. The number of ether oxygens (including phenoxy) is 1. The highest BCUT2D eigenvalue weighted by Gasteiger charge is 2.25. The summed E-state index contributed by atoms with van der Waals surface area (Å²) in [5, 5.41) is 2.74. The summed E-state index contributed by atoms with van der Waals surface area (Å²) in [6, 6.07) is 6.97. The third-order valence-electron chi connectivity index (χ3n) is 3.56. The molecule has 0 aliphatic heterocycles. The molecule has 0 saturated carbocycles. The normalized spacial score (nSPS) is 11.4. The van der Waals surface area contributed by atoms with Crippen LogP contribution in [0.5, 0.6) is 5.75 Å². The molecule has 0 spiro atoms. The summed E-state index contributed by atoms with van der Waals surface area (Å²) in [5.74, 6) is 0.560. The van der Waals surface area contributed by atoms with Crippen molar-refractivity contribution in [2.24, 2.45) is 0 Å². The van der Waals surface area contributed by atoms with Crippen molar-refractivity contribution in [2.75, 3.05) is 13.7 Å². The van der Waals surface area contributed by atoms with Crippen LogP contribution in [0.1, 0.15) is 32.3 Å². The molecule has 0 aliphatic rings. The third-order valence-corrected chi connectivity index (χ3v) is 3.56. The molecule has 5 heteroatoms. The van der Waals surface area contributed by atoms with Crippen LogP contribution in [-0.2, 0) is 16.1 Å². The van der Waals surface area contributed by atoms with Gasteiger partial charge in [-0.25, -0.2) is 0 Å². The van der Waals surface area contributed by atoms with Gasteiger partial charge < -0.3 is 15.0 Å². The van der Waals surface area contributed by atoms with Crippen LogP contribution in [0.2, 0.25) is 0 Å². The van der Waals surface area contributed by atoms with Crippen molar-refractivity contribution >= 4 is 11.8 Å². The van der Waals surface area contributed by atoms with E-state index in [1.165, 1.54) is 0 Å². The number of hydrogen-bond acceptors (Lipinski definition) is 3. The predicted molar refractivity (Wildman–Crippen MR) is 91.1 cm³/mol. The van der Waals surface area contributed by atoms with E-state index in [1.807, 2.05) is 31.2 Å². The first-order valence-corrected chi connectivity index (χ1v) is 7.84. The summed E-state index contributed by atoms with van der Waals surface area (Å²) in [7, 11) is 1.61. The molecule has 0 heterocycles. The second kappa shape index (κ2) is 9.66. The standard InChI is InChI=1S/C18H26N2O3/c1-5-7-17(21)20(14(3)18(22)19-12-6-2)13-15-8-10-16(23-4)11-9-15/h6,8-11,14H,2,5,7,12-13H2,1,3-4H3,(H,19,22). The van der Waals surface area contributed by atoms with Crippen LogP contribution in [0, 0.1) is 0 Å². The Morgan fingerprint density at radius 3 is 2.52 bits per heavy atom. The monoisotopic (exact) mass is 318 g/mol. The Labute approximate surface area is 138 Å². The van der Waals surface area contributed by atoms with E-state index < -0.39 is 6.04 Å². The van der Waals surface area contributed by atoms with Crippen molar-refractivity contribution in [3.63, 3.8) is 0 Å². The van der Waals surface area contributed by atoms with Crippen molar-refractivity contribution in [3.05, 3.63) is 42.5 Å². The lowest BCUT2D eigenvalue weighted by atomic mass is 10.1. The van der Waals surface area contributed by atoms with Crippen molar-refractivity contribution in [1.29, 1.82) is 0 Å². The van der Waals surface area contributed by atoms with Gasteiger partial charge in [0.15, 0.2) is 0 Å². The molecule has 1 N–H and O–H groups in total. The minimum atomic E-state index is -0.531. The van der Waals surface area contributed by atoms with Crippen molar-refractivity contribution in [2.45, 2.75) is 39.3 Å². The van der Waals surface area contributed by atoms with E-state index in [0.29, 0.717) is 19.5 Å². The van der Waals surface area contributed by atoms with Gasteiger partial charge in [-0.15, -0.1) is 6.58 Å². The zero-order valence-electron chi connectivity index (χ0n) is 14.2. The molecule has 1 unspecified atom stereocenters. The van der Waals surface area contributed by atoms with Crippen LogP contribution in [0.4, 0.5) is 0 Å². The second-order valence-electron chi connectivity index (χ2n) is 5.33. The summed E-state index contributed by atoms with van der Waals surface area (Å²) in [6.07, 6.45) is 2.79. The molecule has 1 aromatic rings. The molecule has 5 nitrogen and oxygen atoms in total. The highest BCUT2D eigenvalue weighted by molar-refractivity contribution is 5.87. The molecule has 2 amide bonds. The fourth-order valence-electron chi connectivity index (χ4n) is 2.19. The van der Waals surface area contributed by atoms with Gasteiger partial charge in [0, 0.05) is 19.5 Å². The highest BCUT2D eigenvalue weighted by atomic mass is 16.5. The number of hydrogen-bond donors (Lipinski definition) is 1. The summed E-state index contributed by atoms with van der Waals surface area (Å²) in [6.45, 7) is 8.06. The zero-order chi connectivity index (χ0) is 17.2. The van der Waals surface area contributed by atoms with Crippen LogP contribution < -0.4 is 10.1 Å². The molecule has 0 aliphatic carbocycles. The van der Waals surface area contributed by atoms with E-state index in [0.717, 1.165) is 17.7 Å². The predicted octanol–water partition coefficient (Wildman–Crippen LogP) is 2.51. The summed E-state index contributed by atoms with van der Waals surface area (Å²) in [4.78, 5) is 26.2. The summed E-state index contributed by atoms with van der Waals surface area (Å²) in [5.41, 5.74) is 0.957. The summed E-state index contributed by atoms with van der Waals surface area (Å²) >= 11 is 0. The number of rotatable bonds is 9. The number of nitrogens with zero attached hydrogens (tertiary/aromatic N) is 1. The molecule has 1 aromatic carbocycles. The van der Waals surface area contributed by atoms with Crippen LogP contribution in [0.25, 0.3) is 0 Å². The van der Waals surface area contributed by atoms with Crippen LogP contribution in [0.3, 0.4) is 0 Å². The molecule has 1 atom stereocenters. The largest absolute Gasteiger partial charge is 0.497 e. The summed E-state index contributed by atoms with van der Waals surface area (Å²) < 4.78 is 5.14. The van der Waals surface area contributed by atoms with Gasteiger partial charge in [0.05, 0.1) is 7.11 Å². The maximum absolute atomic E-state index is 12.4. The van der Waals surface area contributed by atoms with Crippen molar-refractivity contribution in [1.82, 2.24) is 10.2 Å². The quantitative estimate of drug-likeness (QED) is 0.712. The Morgan fingerprint density at radius 2 is 2.00 bits per heavy atom. The van der Waals surface area contributed by atoms with Gasteiger partial charge in [0.2, 0.25) is 11.8 Å². The lowest BCUT2D eigenvalue weighted by Crippen LogP contribution is -2.47. The van der Waals surface area contributed by atoms with Gasteiger partial charge in [-0.05, 0) is 31.0 Å².